The summed E-state index contributed by atoms with van der Waals surface area (Å²) in [5.41, 5.74) is 0. The molecule has 0 aliphatic heterocycles. The van der Waals surface area contributed by atoms with Crippen molar-refractivity contribution in [1.82, 2.24) is 0 Å². The Morgan fingerprint density at radius 1 is 1.71 bits per heavy atom. The highest BCUT2D eigenvalue weighted by atomic mass is 35.5. The van der Waals surface area contributed by atoms with E-state index in [0.29, 0.717) is 0 Å². The lowest BCUT2D eigenvalue weighted by atomic mass is 11.8. The third-order valence-corrected chi connectivity index (χ3v) is 0. The Hall–Kier alpha value is 0.370. The Morgan fingerprint density at radius 3 is 1.71 bits per heavy atom. The lowest BCUT2D eigenvalue weighted by Gasteiger charge is -1.61. The van der Waals surface area contributed by atoms with Gasteiger partial charge in [0.15, 0.2) is 6.13 Å². The quantitative estimate of drug-likeness (QED) is 0.391. The summed E-state index contributed by atoms with van der Waals surface area (Å²) in [4.78, 5) is 14.3. The maximum Gasteiger partial charge on any atom is 0.314 e. The first-order valence-corrected chi connectivity index (χ1v) is 3.02. The monoisotopic (exact) mass is 150 g/mol. The van der Waals surface area contributed by atoms with Gasteiger partial charge < -0.3 is 9.79 Å². The van der Waals surface area contributed by atoms with E-state index < -0.39 is 14.4 Å². The van der Waals surface area contributed by atoms with Gasteiger partial charge in [-0.1, -0.05) is 11.6 Å². The molecule has 0 spiro atoms. The van der Waals surface area contributed by atoms with Gasteiger partial charge in [0.2, 0.25) is 0 Å². The summed E-state index contributed by atoms with van der Waals surface area (Å²) in [7, 11) is -3.13. The van der Waals surface area contributed by atoms with E-state index in [4.69, 9.17) is 14.4 Å². The molecule has 0 radical (unpaired) electrons. The average molecular weight is 150 g/mol. The van der Waals surface area contributed by atoms with E-state index in [9.17, 15) is 4.39 Å². The molecule has 0 aromatic carbocycles. The maximum atomic E-state index is 10.1. The van der Waals surface area contributed by atoms with E-state index in [2.05, 4.69) is 11.6 Å². The van der Waals surface area contributed by atoms with E-state index in [1.165, 1.54) is 0 Å². The van der Waals surface area contributed by atoms with Crippen LogP contribution in [0.5, 0.6) is 0 Å². The molecule has 3 nitrogen and oxygen atoms in total. The second-order valence-corrected chi connectivity index (χ2v) is 1.15. The third kappa shape index (κ3) is 889. The van der Waals surface area contributed by atoms with E-state index >= 15 is 0 Å². The summed E-state index contributed by atoms with van der Waals surface area (Å²) in [6.07, 6.45) is -0.778. The Labute approximate surface area is 45.7 Å². The molecule has 0 saturated carbocycles. The molecule has 0 fully saturated rings. The fourth-order valence-electron chi connectivity index (χ4n) is 0. The number of hydrogen-bond donors (Lipinski definition) is 2. The average Bonchev–Trinajstić information content (AvgIpc) is 1.33. The smallest absolute Gasteiger partial charge is 0.314 e. The molecule has 0 heterocycles. The molecule has 0 amide bonds. The summed E-state index contributed by atoms with van der Waals surface area (Å²) >= 11 is 4.33. The van der Waals surface area contributed by atoms with E-state index in [-0.39, 0.29) is 0 Å². The summed E-state index contributed by atoms with van der Waals surface area (Å²) in [5, 5.41) is 0. The molecule has 0 aromatic rings. The van der Waals surface area contributed by atoms with Crippen molar-refractivity contribution in [2.24, 2.45) is 0 Å². The van der Waals surface area contributed by atoms with Gasteiger partial charge in [-0.3, -0.25) is 4.57 Å². The molecule has 0 unspecified atom stereocenters. The van der Waals surface area contributed by atoms with Gasteiger partial charge in [0.25, 0.3) is 0 Å². The van der Waals surface area contributed by atoms with Crippen molar-refractivity contribution < 1.29 is 18.7 Å². The van der Waals surface area contributed by atoms with Gasteiger partial charge in [-0.05, 0) is 0 Å². The number of rotatable bonds is 0. The first-order valence-electron chi connectivity index (χ1n) is 1.19. The van der Waals surface area contributed by atoms with Crippen LogP contribution in [-0.4, -0.2) is 15.9 Å². The summed E-state index contributed by atoms with van der Waals surface area (Å²) in [5.74, 6) is 0. The minimum atomic E-state index is -3.13. The zero-order valence-electron chi connectivity index (χ0n) is 3.27. The van der Waals surface area contributed by atoms with Gasteiger partial charge in [-0.25, -0.2) is 4.39 Å². The van der Waals surface area contributed by atoms with Crippen LogP contribution in [0.2, 0.25) is 0 Å². The van der Waals surface area contributed by atoms with Crippen molar-refractivity contribution in [1.29, 1.82) is 0 Å². The normalized spacial score (nSPS) is 7.57. The van der Waals surface area contributed by atoms with Crippen LogP contribution in [0.4, 0.5) is 4.39 Å². The molecule has 6 heteroatoms. The van der Waals surface area contributed by atoms with Gasteiger partial charge in [0.05, 0.1) is 0 Å². The van der Waals surface area contributed by atoms with Gasteiger partial charge in [0, 0.05) is 0 Å². The van der Waals surface area contributed by atoms with Crippen LogP contribution in [0.1, 0.15) is 0 Å². The maximum absolute atomic E-state index is 10.1. The van der Waals surface area contributed by atoms with Gasteiger partial charge in [0.1, 0.15) is 0 Å². The molecule has 0 aliphatic carbocycles. The fourth-order valence-corrected chi connectivity index (χ4v) is 0. The van der Waals surface area contributed by atoms with E-state index in [0.717, 1.165) is 0 Å². The number of alkyl halides is 2. The van der Waals surface area contributed by atoms with Gasteiger partial charge in [-0.15, -0.1) is 0 Å². The minimum Gasteiger partial charge on any atom is -0.326 e. The standard InChI is InChI=1S/CH2ClF.H3O3P/c2-1-3;1-4(2)3/h1H2;4H,(H2,1,2,3). The van der Waals surface area contributed by atoms with Crippen molar-refractivity contribution in [3.63, 3.8) is 0 Å². The zero-order valence-corrected chi connectivity index (χ0v) is 5.02. The van der Waals surface area contributed by atoms with E-state index in [1.54, 1.807) is 0 Å². The Bertz CT molecular complexity index is 46.2. The van der Waals surface area contributed by atoms with Crippen LogP contribution in [0, 0.1) is 0 Å². The van der Waals surface area contributed by atoms with Crippen molar-refractivity contribution in [2.45, 2.75) is 0 Å². The van der Waals surface area contributed by atoms with Crippen LogP contribution in [0.15, 0.2) is 0 Å². The number of halogens is 2. The van der Waals surface area contributed by atoms with Crippen LogP contribution in [0.3, 0.4) is 0 Å². The molecule has 0 bridgehead atoms. The lowest BCUT2D eigenvalue weighted by molar-refractivity contribution is 0.405. The Kier molecular flexibility index (Phi) is 14.3. The fraction of sp³-hybridized carbons (Fsp3) is 1.00. The van der Waals surface area contributed by atoms with Crippen molar-refractivity contribution >= 4 is 19.9 Å². The molecular formula is CH5ClFO3P. The minimum absolute atomic E-state index is 0.778. The Balaban J connectivity index is 0. The molecule has 0 aliphatic rings. The predicted octanol–water partition coefficient (Wildman–Crippen LogP) is 0.513. The van der Waals surface area contributed by atoms with Crippen LogP contribution < -0.4 is 0 Å². The van der Waals surface area contributed by atoms with Gasteiger partial charge >= 0.3 is 8.25 Å². The summed E-state index contributed by atoms with van der Waals surface area (Å²) in [6.45, 7) is 0. The first-order chi connectivity index (χ1) is 3.15. The lowest BCUT2D eigenvalue weighted by Crippen LogP contribution is -1.38. The molecule has 0 saturated heterocycles. The summed E-state index contributed by atoms with van der Waals surface area (Å²) in [6, 6.07) is 0. The topological polar surface area (TPSA) is 57.5 Å². The largest absolute Gasteiger partial charge is 0.326 e. The third-order valence-electron chi connectivity index (χ3n) is 0. The first kappa shape index (κ1) is 10.4. The highest BCUT2D eigenvalue weighted by Gasteiger charge is 1.61. The van der Waals surface area contributed by atoms with Crippen molar-refractivity contribution in [3.05, 3.63) is 0 Å². The zero-order chi connectivity index (χ0) is 6.28. The second kappa shape index (κ2) is 9.62. The Morgan fingerprint density at radius 2 is 1.71 bits per heavy atom. The van der Waals surface area contributed by atoms with E-state index in [1.807, 2.05) is 0 Å². The second-order valence-electron chi connectivity index (χ2n) is 0.384. The highest BCUT2D eigenvalue weighted by molar-refractivity contribution is 7.30. The summed E-state index contributed by atoms with van der Waals surface area (Å²) < 4.78 is 18.8. The molecule has 7 heavy (non-hydrogen) atoms. The van der Waals surface area contributed by atoms with Crippen LogP contribution >= 0.6 is 19.9 Å². The molecule has 46 valence electrons. The predicted molar refractivity (Wildman–Crippen MR) is 25.3 cm³/mol. The SMILES string of the molecule is FCCl.O=[PH](O)O. The van der Waals surface area contributed by atoms with Crippen LogP contribution in [0.25, 0.3) is 0 Å². The van der Waals surface area contributed by atoms with Crippen molar-refractivity contribution in [3.8, 4) is 0 Å². The molecule has 0 atom stereocenters. The molecule has 0 rings (SSSR count). The van der Waals surface area contributed by atoms with Crippen LogP contribution in [-0.2, 0) is 4.57 Å². The molecule has 0 aromatic heterocycles. The highest BCUT2D eigenvalue weighted by Crippen LogP contribution is 1.98. The van der Waals surface area contributed by atoms with Gasteiger partial charge in [-0.2, -0.15) is 0 Å². The molecule has 2 N–H and O–H groups in total. The molecular weight excluding hydrogens is 145 g/mol. The van der Waals surface area contributed by atoms with Crippen molar-refractivity contribution in [2.75, 3.05) is 6.13 Å². The number of hydrogen-bond acceptors (Lipinski definition) is 1.